The summed E-state index contributed by atoms with van der Waals surface area (Å²) in [5.74, 6) is -1.29. The van der Waals surface area contributed by atoms with E-state index in [9.17, 15) is 23.4 Å². The number of piperidine rings is 1. The Kier molecular flexibility index (Phi) is 5.62. The summed E-state index contributed by atoms with van der Waals surface area (Å²) in [6, 6.07) is 9.64. The molecule has 0 amide bonds. The number of aliphatic imine (C=N–C) groups is 1. The first kappa shape index (κ1) is 26.9. The highest BCUT2D eigenvalue weighted by Gasteiger charge is 2.72. The Morgan fingerprint density at radius 1 is 1.21 bits per heavy atom. The van der Waals surface area contributed by atoms with Gasteiger partial charge in [-0.15, -0.1) is 0 Å². The molecule has 1 saturated heterocycles. The third-order valence-corrected chi connectivity index (χ3v) is 9.65. The van der Waals surface area contributed by atoms with E-state index in [1.807, 2.05) is 24.3 Å². The number of nitrogens with two attached hydrogens (primary N) is 2. The van der Waals surface area contributed by atoms with Crippen molar-refractivity contribution in [3.8, 4) is 11.5 Å². The van der Waals surface area contributed by atoms with Crippen LogP contribution in [0.2, 0.25) is 0 Å². The number of rotatable bonds is 3. The SMILES string of the molecule is NC(N)=Nc1ccc2[nH]c3c(c2c1)C[C@@]1(O)[C@H]2Cc4ccc(O)c5c4[C@@]1(CCN2CC1CC1)[C@H]3O5.O=C(O)C(F)(F)F. The lowest BCUT2D eigenvalue weighted by Gasteiger charge is -2.62. The van der Waals surface area contributed by atoms with E-state index < -0.39 is 23.2 Å². The zero-order valence-electron chi connectivity index (χ0n) is 22.4. The molecule has 2 aromatic carbocycles. The van der Waals surface area contributed by atoms with Crippen LogP contribution in [0.15, 0.2) is 35.3 Å². The van der Waals surface area contributed by atoms with Crippen molar-refractivity contribution in [3.05, 3.63) is 52.7 Å². The van der Waals surface area contributed by atoms with Crippen LogP contribution in [0.3, 0.4) is 0 Å². The largest absolute Gasteiger partial charge is 0.504 e. The average Bonchev–Trinajstić information content (AvgIpc) is 3.55. The van der Waals surface area contributed by atoms with Gasteiger partial charge in [-0.25, -0.2) is 9.79 Å². The number of aromatic amines is 1. The van der Waals surface area contributed by atoms with Gasteiger partial charge >= 0.3 is 12.1 Å². The summed E-state index contributed by atoms with van der Waals surface area (Å²) in [7, 11) is 0. The topological polar surface area (TPSA) is 170 Å². The molecule has 4 atom stereocenters. The third-order valence-electron chi connectivity index (χ3n) is 9.65. The molecule has 1 saturated carbocycles. The van der Waals surface area contributed by atoms with Crippen molar-refractivity contribution >= 4 is 28.5 Å². The number of carboxylic acid groups (broad SMARTS) is 1. The predicted molar refractivity (Wildman–Crippen MR) is 146 cm³/mol. The number of carboxylic acids is 1. The number of carbonyl (C=O) groups is 1. The van der Waals surface area contributed by atoms with E-state index in [0.29, 0.717) is 17.9 Å². The van der Waals surface area contributed by atoms with Crippen LogP contribution in [0, 0.1) is 5.92 Å². The van der Waals surface area contributed by atoms with Crippen LogP contribution in [0.4, 0.5) is 18.9 Å². The number of likely N-dealkylation sites (tertiary alicyclic amines) is 1. The molecule has 0 radical (unpaired) electrons. The van der Waals surface area contributed by atoms with Gasteiger partial charge in [0.2, 0.25) is 0 Å². The standard InChI is InChI=1S/C27H29N5O3.C2HF3O2/c28-25(29)30-15-4-5-18-16(10-15)17-11-27(34)20-9-14-3-6-19(33)23-21(14)26(27,24(35-23)22(17)31-18)7-8-32(20)12-13-1-2-13;3-2(4,5)1(6)7/h3-6,10,13,20,24,31,33-34H,1-2,7-9,11-12H2,(H4,28,29,30);(H,6,7)/t20-,24+,26+,27-;/m1./s1. The molecule has 3 heterocycles. The number of hydrogen-bond donors (Lipinski definition) is 6. The molecule has 5 aliphatic rings. The molecule has 222 valence electrons. The number of alkyl halides is 3. The van der Waals surface area contributed by atoms with E-state index in [-0.39, 0.29) is 23.9 Å². The molecule has 1 aromatic heterocycles. The molecule has 1 spiro atoms. The summed E-state index contributed by atoms with van der Waals surface area (Å²) < 4.78 is 38.4. The molecule has 13 heteroatoms. The van der Waals surface area contributed by atoms with Crippen molar-refractivity contribution in [2.75, 3.05) is 13.1 Å². The van der Waals surface area contributed by atoms with Crippen molar-refractivity contribution < 1.29 is 38.0 Å². The Morgan fingerprint density at radius 3 is 2.62 bits per heavy atom. The number of nitrogens with zero attached hydrogens (tertiary/aromatic N) is 2. The van der Waals surface area contributed by atoms with E-state index in [0.717, 1.165) is 59.6 Å². The van der Waals surface area contributed by atoms with Crippen molar-refractivity contribution in [2.24, 2.45) is 22.4 Å². The van der Waals surface area contributed by atoms with Gasteiger partial charge in [0.05, 0.1) is 22.4 Å². The van der Waals surface area contributed by atoms with Crippen molar-refractivity contribution in [1.82, 2.24) is 9.88 Å². The number of guanidine groups is 1. The minimum atomic E-state index is -5.08. The van der Waals surface area contributed by atoms with Crippen molar-refractivity contribution in [3.63, 3.8) is 0 Å². The molecule has 2 bridgehead atoms. The number of aromatic hydroxyl groups is 1. The molecule has 3 aliphatic carbocycles. The van der Waals surface area contributed by atoms with Crippen LogP contribution >= 0.6 is 0 Å². The van der Waals surface area contributed by atoms with Gasteiger partial charge in [-0.1, -0.05) is 6.07 Å². The van der Waals surface area contributed by atoms with Crippen LogP contribution in [0.25, 0.3) is 10.9 Å². The summed E-state index contributed by atoms with van der Waals surface area (Å²) >= 11 is 0. The lowest BCUT2D eigenvalue weighted by Crippen LogP contribution is -2.74. The second-order valence-electron chi connectivity index (χ2n) is 12.0. The second-order valence-corrected chi connectivity index (χ2v) is 12.0. The summed E-state index contributed by atoms with van der Waals surface area (Å²) in [6.45, 7) is 1.98. The Balaban J connectivity index is 0.000000370. The molecule has 8 rings (SSSR count). The number of aliphatic carboxylic acids is 1. The molecule has 10 nitrogen and oxygen atoms in total. The maximum absolute atomic E-state index is 12.9. The van der Waals surface area contributed by atoms with Crippen molar-refractivity contribution in [2.45, 2.75) is 61.4 Å². The van der Waals surface area contributed by atoms with Crippen LogP contribution in [0.1, 0.15) is 47.8 Å². The number of fused-ring (bicyclic) bond motifs is 4. The van der Waals surface area contributed by atoms with E-state index in [1.54, 1.807) is 6.07 Å². The molecule has 2 aliphatic heterocycles. The fourth-order valence-electron chi connectivity index (χ4n) is 7.83. The number of hydrogen-bond acceptors (Lipinski definition) is 6. The Hall–Kier alpha value is -3.97. The Morgan fingerprint density at radius 2 is 1.95 bits per heavy atom. The van der Waals surface area contributed by atoms with Gasteiger partial charge < -0.3 is 36.5 Å². The van der Waals surface area contributed by atoms with E-state index >= 15 is 0 Å². The summed E-state index contributed by atoms with van der Waals surface area (Å²) in [5.41, 5.74) is 15.6. The number of ether oxygens (including phenoxy) is 1. The fraction of sp³-hybridized carbons (Fsp3) is 0.448. The third kappa shape index (κ3) is 3.72. The number of phenolic OH excluding ortho intramolecular Hbond substituents is 1. The maximum atomic E-state index is 12.9. The molecular formula is C29H30F3N5O5. The van der Waals surface area contributed by atoms with Crippen LogP contribution in [0.5, 0.6) is 11.5 Å². The van der Waals surface area contributed by atoms with Crippen LogP contribution in [-0.4, -0.2) is 68.0 Å². The van der Waals surface area contributed by atoms with E-state index in [1.165, 1.54) is 18.4 Å². The average molecular weight is 586 g/mol. The lowest BCUT2D eigenvalue weighted by molar-refractivity contribution is -0.192. The molecule has 2 fully saturated rings. The Bertz CT molecular complexity index is 1660. The first-order valence-corrected chi connectivity index (χ1v) is 13.9. The zero-order valence-corrected chi connectivity index (χ0v) is 22.4. The van der Waals surface area contributed by atoms with Gasteiger partial charge in [-0.2, -0.15) is 13.2 Å². The molecular weight excluding hydrogens is 555 g/mol. The minimum Gasteiger partial charge on any atom is -0.504 e. The zero-order chi connectivity index (χ0) is 29.8. The smallest absolute Gasteiger partial charge is 0.490 e. The summed E-state index contributed by atoms with van der Waals surface area (Å²) in [6.07, 6.45) is -0.813. The minimum absolute atomic E-state index is 0.00457. The highest BCUT2D eigenvalue weighted by Crippen LogP contribution is 2.69. The van der Waals surface area contributed by atoms with Gasteiger partial charge in [-0.05, 0) is 73.5 Å². The van der Waals surface area contributed by atoms with Crippen LogP contribution < -0.4 is 16.2 Å². The highest BCUT2D eigenvalue weighted by atomic mass is 19.4. The van der Waals surface area contributed by atoms with Gasteiger partial charge in [0.15, 0.2) is 23.6 Å². The fourth-order valence-corrected chi connectivity index (χ4v) is 7.83. The number of aliphatic hydroxyl groups is 1. The second kappa shape index (κ2) is 8.77. The first-order valence-electron chi connectivity index (χ1n) is 13.9. The molecule has 42 heavy (non-hydrogen) atoms. The number of aromatic nitrogens is 1. The maximum Gasteiger partial charge on any atom is 0.490 e. The summed E-state index contributed by atoms with van der Waals surface area (Å²) in [4.78, 5) is 19.3. The van der Waals surface area contributed by atoms with Gasteiger partial charge in [0, 0.05) is 35.5 Å². The first-order chi connectivity index (χ1) is 19.8. The van der Waals surface area contributed by atoms with Crippen LogP contribution in [-0.2, 0) is 23.1 Å². The monoisotopic (exact) mass is 585 g/mol. The Labute approximate surface area is 237 Å². The van der Waals surface area contributed by atoms with Gasteiger partial charge in [0.1, 0.15) is 0 Å². The number of halogens is 3. The normalized spacial score (nSPS) is 28.7. The summed E-state index contributed by atoms with van der Waals surface area (Å²) in [5, 5.41) is 31.8. The number of phenols is 1. The number of benzene rings is 2. The van der Waals surface area contributed by atoms with Gasteiger partial charge in [-0.3, -0.25) is 4.90 Å². The van der Waals surface area contributed by atoms with E-state index in [4.69, 9.17) is 26.1 Å². The highest BCUT2D eigenvalue weighted by molar-refractivity contribution is 5.90. The molecule has 3 aromatic rings. The molecule has 8 N–H and O–H groups in total. The molecule has 0 unspecified atom stereocenters. The lowest BCUT2D eigenvalue weighted by atomic mass is 9.49. The number of H-pyrrole nitrogens is 1. The van der Waals surface area contributed by atoms with Crippen molar-refractivity contribution in [1.29, 1.82) is 0 Å². The van der Waals surface area contributed by atoms with E-state index in [2.05, 4.69) is 14.9 Å². The predicted octanol–water partition coefficient (Wildman–Crippen LogP) is 3.11. The quantitative estimate of drug-likeness (QED) is 0.201. The number of nitrogens with one attached hydrogen (secondary N) is 1. The van der Waals surface area contributed by atoms with Gasteiger partial charge in [0.25, 0.3) is 0 Å².